The number of nitrogens with two attached hydrogens (primary N) is 1. The van der Waals surface area contributed by atoms with Crippen molar-refractivity contribution < 1.29 is 4.79 Å². The molecule has 1 heterocycles. The molecular weight excluding hydrogens is 338 g/mol. The van der Waals surface area contributed by atoms with Crippen molar-refractivity contribution >= 4 is 23.0 Å². The normalized spacial score (nSPS) is 11.1. The van der Waals surface area contributed by atoms with E-state index in [-0.39, 0.29) is 0 Å². The van der Waals surface area contributed by atoms with Crippen molar-refractivity contribution in [2.45, 2.75) is 0 Å². The molecule has 4 aromatic rings. The Morgan fingerprint density at radius 3 is 2.52 bits per heavy atom. The minimum atomic E-state index is -0.714. The molecule has 0 fully saturated rings. The molecule has 0 atom stereocenters. The van der Waals surface area contributed by atoms with E-state index in [1.165, 1.54) is 0 Å². The Kier molecular flexibility index (Phi) is 4.37. The molecule has 6 nitrogen and oxygen atoms in total. The van der Waals surface area contributed by atoms with Gasteiger partial charge in [-0.05, 0) is 29.0 Å². The largest absolute Gasteiger partial charge is 0.350 e. The number of hydrazone groups is 1. The molecule has 0 bridgehead atoms. The number of carbonyl (C=O) groups is 1. The number of rotatable bonds is 4. The zero-order chi connectivity index (χ0) is 18.6. The van der Waals surface area contributed by atoms with Gasteiger partial charge in [-0.25, -0.2) is 14.9 Å². The zero-order valence-corrected chi connectivity index (χ0v) is 14.4. The molecule has 4 rings (SSSR count). The first-order valence-electron chi connectivity index (χ1n) is 8.43. The summed E-state index contributed by atoms with van der Waals surface area (Å²) in [5.41, 5.74) is 10.7. The first-order chi connectivity index (χ1) is 13.2. The van der Waals surface area contributed by atoms with Gasteiger partial charge >= 0.3 is 6.03 Å². The van der Waals surface area contributed by atoms with Crippen LogP contribution < -0.4 is 11.2 Å². The third-order valence-electron chi connectivity index (χ3n) is 4.16. The summed E-state index contributed by atoms with van der Waals surface area (Å²) in [6.07, 6.45) is 3.41. The standard InChI is InChI=1S/C21H17N5O/c22-21(27)24-23-13-18-14-26(19-8-2-1-3-9-19)25-20(18)17-11-10-15-6-4-5-7-16(15)12-17/h1-14H,(H3,22,24,27)/b23-13-. The van der Waals surface area contributed by atoms with Crippen molar-refractivity contribution in [2.24, 2.45) is 10.8 Å². The molecule has 0 saturated carbocycles. The van der Waals surface area contributed by atoms with Gasteiger partial charge in [-0.2, -0.15) is 10.2 Å². The number of nitrogens with zero attached hydrogens (tertiary/aromatic N) is 3. The van der Waals surface area contributed by atoms with Gasteiger partial charge in [-0.3, -0.25) is 0 Å². The van der Waals surface area contributed by atoms with Crippen molar-refractivity contribution in [1.82, 2.24) is 15.2 Å². The lowest BCUT2D eigenvalue weighted by Crippen LogP contribution is -2.24. The lowest BCUT2D eigenvalue weighted by molar-refractivity contribution is 0.249. The predicted octanol–water partition coefficient (Wildman–Crippen LogP) is 3.69. The van der Waals surface area contributed by atoms with E-state index in [1.807, 2.05) is 54.7 Å². The first kappa shape index (κ1) is 16.5. The quantitative estimate of drug-likeness (QED) is 0.432. The number of carbonyl (C=O) groups excluding carboxylic acids is 1. The molecule has 0 aliphatic rings. The maximum Gasteiger partial charge on any atom is 0.332 e. The third kappa shape index (κ3) is 3.55. The summed E-state index contributed by atoms with van der Waals surface area (Å²) in [7, 11) is 0. The molecule has 132 valence electrons. The van der Waals surface area contributed by atoms with E-state index in [0.717, 1.165) is 33.3 Å². The van der Waals surface area contributed by atoms with Crippen molar-refractivity contribution in [3.63, 3.8) is 0 Å². The molecule has 27 heavy (non-hydrogen) atoms. The summed E-state index contributed by atoms with van der Waals surface area (Å²) in [5.74, 6) is 0. The number of aromatic nitrogens is 2. The van der Waals surface area contributed by atoms with Crippen LogP contribution in [-0.2, 0) is 0 Å². The topological polar surface area (TPSA) is 85.3 Å². The number of amides is 2. The van der Waals surface area contributed by atoms with E-state index >= 15 is 0 Å². The molecular formula is C21H17N5O. The van der Waals surface area contributed by atoms with Crippen LogP contribution in [0.5, 0.6) is 0 Å². The van der Waals surface area contributed by atoms with Gasteiger partial charge < -0.3 is 5.73 Å². The van der Waals surface area contributed by atoms with Gasteiger partial charge in [0.25, 0.3) is 0 Å². The molecule has 0 aliphatic carbocycles. The minimum Gasteiger partial charge on any atom is -0.350 e. The Morgan fingerprint density at radius 1 is 1.00 bits per heavy atom. The Labute approximate surface area is 155 Å². The minimum absolute atomic E-state index is 0.714. The number of fused-ring (bicyclic) bond motifs is 1. The van der Waals surface area contributed by atoms with E-state index in [2.05, 4.69) is 34.8 Å². The summed E-state index contributed by atoms with van der Waals surface area (Å²) in [6.45, 7) is 0. The SMILES string of the molecule is NC(=O)N/N=C\c1cn(-c2ccccc2)nc1-c1ccc2ccccc2c1. The molecule has 0 saturated heterocycles. The van der Waals surface area contributed by atoms with Crippen LogP contribution in [0.4, 0.5) is 4.79 Å². The highest BCUT2D eigenvalue weighted by molar-refractivity contribution is 5.93. The first-order valence-corrected chi connectivity index (χ1v) is 8.43. The van der Waals surface area contributed by atoms with E-state index in [4.69, 9.17) is 10.8 Å². The lowest BCUT2D eigenvalue weighted by Gasteiger charge is -2.03. The highest BCUT2D eigenvalue weighted by Crippen LogP contribution is 2.26. The van der Waals surface area contributed by atoms with Gasteiger partial charge in [0.05, 0.1) is 11.9 Å². The van der Waals surface area contributed by atoms with Gasteiger partial charge in [0, 0.05) is 17.3 Å². The van der Waals surface area contributed by atoms with Crippen LogP contribution in [0.2, 0.25) is 0 Å². The summed E-state index contributed by atoms with van der Waals surface area (Å²) in [5, 5.41) is 10.9. The Balaban J connectivity index is 1.82. The molecule has 0 spiro atoms. The molecule has 0 aliphatic heterocycles. The molecule has 3 N–H and O–H groups in total. The number of benzene rings is 3. The molecule has 2 amide bonds. The third-order valence-corrected chi connectivity index (χ3v) is 4.16. The van der Waals surface area contributed by atoms with E-state index in [0.29, 0.717) is 0 Å². The fourth-order valence-electron chi connectivity index (χ4n) is 2.92. The highest BCUT2D eigenvalue weighted by atomic mass is 16.2. The van der Waals surface area contributed by atoms with E-state index in [9.17, 15) is 4.79 Å². The van der Waals surface area contributed by atoms with Crippen LogP contribution in [-0.4, -0.2) is 22.0 Å². The molecule has 6 heteroatoms. The maximum atomic E-state index is 10.9. The lowest BCUT2D eigenvalue weighted by atomic mass is 10.0. The Morgan fingerprint density at radius 2 is 1.74 bits per heavy atom. The smallest absolute Gasteiger partial charge is 0.332 e. The Bertz CT molecular complexity index is 1130. The average molecular weight is 355 g/mol. The number of para-hydroxylation sites is 1. The summed E-state index contributed by atoms with van der Waals surface area (Å²) < 4.78 is 1.79. The van der Waals surface area contributed by atoms with Crippen molar-refractivity contribution in [1.29, 1.82) is 0 Å². The number of hydrogen-bond donors (Lipinski definition) is 2. The number of primary amides is 1. The molecule has 1 aromatic heterocycles. The van der Waals surface area contributed by atoms with Crippen LogP contribution in [0.15, 0.2) is 84.1 Å². The van der Waals surface area contributed by atoms with Crippen molar-refractivity contribution in [3.8, 4) is 16.9 Å². The van der Waals surface area contributed by atoms with Crippen molar-refractivity contribution in [3.05, 3.63) is 84.6 Å². The van der Waals surface area contributed by atoms with Crippen molar-refractivity contribution in [2.75, 3.05) is 0 Å². The fraction of sp³-hybridized carbons (Fsp3) is 0. The van der Waals surface area contributed by atoms with E-state index in [1.54, 1.807) is 10.9 Å². The Hall–Kier alpha value is -3.93. The predicted molar refractivity (Wildman–Crippen MR) is 107 cm³/mol. The maximum absolute atomic E-state index is 10.9. The molecule has 0 unspecified atom stereocenters. The van der Waals surface area contributed by atoms with Gasteiger partial charge in [0.1, 0.15) is 5.69 Å². The molecule has 3 aromatic carbocycles. The van der Waals surface area contributed by atoms with Gasteiger partial charge in [-0.1, -0.05) is 54.6 Å². The van der Waals surface area contributed by atoms with Crippen LogP contribution in [0, 0.1) is 0 Å². The number of urea groups is 1. The van der Waals surface area contributed by atoms with Gasteiger partial charge in [0.2, 0.25) is 0 Å². The fourth-order valence-corrected chi connectivity index (χ4v) is 2.92. The average Bonchev–Trinajstić information content (AvgIpc) is 3.12. The van der Waals surface area contributed by atoms with Crippen LogP contribution in [0.1, 0.15) is 5.56 Å². The number of nitrogens with one attached hydrogen (secondary N) is 1. The number of hydrogen-bond acceptors (Lipinski definition) is 3. The van der Waals surface area contributed by atoms with Gasteiger partial charge in [0.15, 0.2) is 0 Å². The van der Waals surface area contributed by atoms with Crippen LogP contribution in [0.25, 0.3) is 27.7 Å². The summed E-state index contributed by atoms with van der Waals surface area (Å²) in [6, 6.07) is 23.4. The highest BCUT2D eigenvalue weighted by Gasteiger charge is 2.12. The van der Waals surface area contributed by atoms with E-state index < -0.39 is 6.03 Å². The van der Waals surface area contributed by atoms with Gasteiger partial charge in [-0.15, -0.1) is 0 Å². The second-order valence-electron chi connectivity index (χ2n) is 6.01. The van der Waals surface area contributed by atoms with Crippen LogP contribution in [0.3, 0.4) is 0 Å². The second-order valence-corrected chi connectivity index (χ2v) is 6.01. The van der Waals surface area contributed by atoms with Crippen LogP contribution >= 0.6 is 0 Å². The molecule has 0 radical (unpaired) electrons. The summed E-state index contributed by atoms with van der Waals surface area (Å²) in [4.78, 5) is 10.9. The monoisotopic (exact) mass is 355 g/mol. The second kappa shape index (κ2) is 7.13. The zero-order valence-electron chi connectivity index (χ0n) is 14.4. The summed E-state index contributed by atoms with van der Waals surface area (Å²) >= 11 is 0.